The van der Waals surface area contributed by atoms with E-state index < -0.39 is 0 Å². The summed E-state index contributed by atoms with van der Waals surface area (Å²) in [4.78, 5) is 0. The molecule has 0 spiro atoms. The third-order valence-corrected chi connectivity index (χ3v) is 16.6. The first-order valence-corrected chi connectivity index (χ1v) is 26.9. The van der Waals surface area contributed by atoms with Gasteiger partial charge >= 0.3 is 0 Å². The lowest BCUT2D eigenvalue weighted by atomic mass is 9.75. The Bertz CT molecular complexity index is 3840. The maximum absolute atomic E-state index is 2.52. The van der Waals surface area contributed by atoms with Crippen molar-refractivity contribution in [3.63, 3.8) is 0 Å². The molecule has 11 aromatic carbocycles. The first kappa shape index (κ1) is 46.3. The molecule has 0 heterocycles. The Morgan fingerprint density at radius 3 is 0.851 bits per heavy atom. The van der Waals surface area contributed by atoms with Gasteiger partial charge in [0.05, 0.1) is 0 Å². The Morgan fingerprint density at radius 2 is 0.514 bits per heavy atom. The molecule has 0 saturated heterocycles. The summed E-state index contributed by atoms with van der Waals surface area (Å²) in [5.41, 5.74) is 26.3. The van der Waals surface area contributed by atoms with Gasteiger partial charge in [-0.25, -0.2) is 0 Å². The lowest BCUT2D eigenvalue weighted by Crippen LogP contribution is -2.17. The average Bonchev–Trinajstić information content (AvgIpc) is 3.90. The minimum atomic E-state index is -0.0350. The second kappa shape index (κ2) is 16.0. The zero-order chi connectivity index (χ0) is 51.4. The Hall–Kier alpha value is -7.54. The van der Waals surface area contributed by atoms with Crippen LogP contribution in [0.4, 0.5) is 0 Å². The molecule has 0 heteroatoms. The molecular formula is C74H66. The summed E-state index contributed by atoms with van der Waals surface area (Å²) in [5, 5.41) is 10.4. The predicted octanol–water partition coefficient (Wildman–Crippen LogP) is 21.5. The molecule has 0 unspecified atom stereocenters. The highest BCUT2D eigenvalue weighted by atomic mass is 14.4. The van der Waals surface area contributed by atoms with Crippen LogP contribution in [-0.4, -0.2) is 0 Å². The number of hydrogen-bond acceptors (Lipinski definition) is 0. The minimum absolute atomic E-state index is 0.0350. The topological polar surface area (TPSA) is 0 Å². The van der Waals surface area contributed by atoms with Gasteiger partial charge in [-0.2, -0.15) is 0 Å². The van der Waals surface area contributed by atoms with Gasteiger partial charge in [0.1, 0.15) is 0 Å². The molecule has 11 aromatic rings. The van der Waals surface area contributed by atoms with Crippen molar-refractivity contribution in [2.45, 2.75) is 105 Å². The van der Waals surface area contributed by atoms with E-state index in [1.54, 1.807) is 0 Å². The standard InChI is InChI=1S/C74H66/c1-71(2,3)51-33-49(34-52(41-51)72(4,5)6)65-55-25-19-20-26-56(55)66(50-35-53(73(7,8)9)42-54(36-50)74(10,11)12)70-60-30-28-58-64-40-48-32-46-38-62(44-23-17-14-18-24-44)61(43-21-15-13-16-22-43)37-45(46)31-47(48)39-63(64)57-27-29-59(69(65)70)68(60)67(57)58/h13-42H,1-12H3. The van der Waals surface area contributed by atoms with Crippen molar-refractivity contribution >= 4 is 43.1 Å². The van der Waals surface area contributed by atoms with Crippen LogP contribution >= 0.6 is 0 Å². The van der Waals surface area contributed by atoms with Gasteiger partial charge in [0.2, 0.25) is 0 Å². The van der Waals surface area contributed by atoms with E-state index in [9.17, 15) is 0 Å². The molecule has 0 bridgehead atoms. The zero-order valence-corrected chi connectivity index (χ0v) is 45.3. The van der Waals surface area contributed by atoms with Gasteiger partial charge in [-0.1, -0.05) is 229 Å². The van der Waals surface area contributed by atoms with E-state index in [0.29, 0.717) is 0 Å². The molecule has 0 radical (unpaired) electrons. The van der Waals surface area contributed by atoms with E-state index in [-0.39, 0.29) is 21.7 Å². The molecule has 74 heavy (non-hydrogen) atoms. The maximum atomic E-state index is 2.52. The summed E-state index contributed by atoms with van der Waals surface area (Å²) in [6.07, 6.45) is 0. The van der Waals surface area contributed by atoms with Crippen LogP contribution in [0.3, 0.4) is 0 Å². The lowest BCUT2D eigenvalue weighted by Gasteiger charge is -2.29. The van der Waals surface area contributed by atoms with Gasteiger partial charge in [-0.15, -0.1) is 0 Å². The molecule has 362 valence electrons. The van der Waals surface area contributed by atoms with Crippen molar-refractivity contribution in [2.75, 3.05) is 0 Å². The van der Waals surface area contributed by atoms with Gasteiger partial charge in [0.25, 0.3) is 0 Å². The van der Waals surface area contributed by atoms with Crippen LogP contribution in [0.2, 0.25) is 0 Å². The summed E-state index contributed by atoms with van der Waals surface area (Å²) in [7, 11) is 0. The minimum Gasteiger partial charge on any atom is -0.0622 e. The molecule has 0 N–H and O–H groups in total. The van der Waals surface area contributed by atoms with Crippen LogP contribution in [0.5, 0.6) is 0 Å². The second-order valence-electron chi connectivity index (χ2n) is 25.8. The quantitative estimate of drug-likeness (QED) is 0.154. The lowest BCUT2D eigenvalue weighted by molar-refractivity contribution is 0.568. The molecule has 0 saturated carbocycles. The molecule has 0 aliphatic heterocycles. The van der Waals surface area contributed by atoms with Crippen molar-refractivity contribution in [3.8, 4) is 89.0 Å². The van der Waals surface area contributed by atoms with Crippen LogP contribution in [0, 0.1) is 0 Å². The maximum Gasteiger partial charge on any atom is -0.000740 e. The van der Waals surface area contributed by atoms with Crippen molar-refractivity contribution in [3.05, 3.63) is 204 Å². The van der Waals surface area contributed by atoms with E-state index in [1.807, 2.05) is 0 Å². The van der Waals surface area contributed by atoms with E-state index in [4.69, 9.17) is 0 Å². The number of benzene rings is 11. The third-order valence-electron chi connectivity index (χ3n) is 16.6. The molecule has 0 nitrogen and oxygen atoms in total. The van der Waals surface area contributed by atoms with Gasteiger partial charge < -0.3 is 0 Å². The van der Waals surface area contributed by atoms with Gasteiger partial charge in [-0.05, 0) is 212 Å². The predicted molar refractivity (Wildman–Crippen MR) is 322 cm³/mol. The number of rotatable bonds is 4. The van der Waals surface area contributed by atoms with Crippen LogP contribution in [0.15, 0.2) is 182 Å². The Kier molecular flexibility index (Phi) is 9.99. The summed E-state index contributed by atoms with van der Waals surface area (Å²) in [6.45, 7) is 28.4. The molecule has 2 aliphatic carbocycles. The highest BCUT2D eigenvalue weighted by Gasteiger charge is 2.36. The largest absolute Gasteiger partial charge is 0.0622 e. The highest BCUT2D eigenvalue weighted by Crippen LogP contribution is 2.62. The van der Waals surface area contributed by atoms with Crippen LogP contribution in [0.1, 0.15) is 105 Å². The summed E-state index contributed by atoms with van der Waals surface area (Å²) < 4.78 is 0. The first-order valence-electron chi connectivity index (χ1n) is 26.9. The average molecular weight is 955 g/mol. The molecule has 0 aromatic heterocycles. The SMILES string of the molecule is CC(C)(C)c1cc(-c2c3c(c(-c4cc(C(C)(C)C)cc(C(C)(C)C)c4)c4ccccc24)-c2ccc4c5c(ccc-3c25)-c2cc3cc5cc(-c6ccccc6)c(-c6ccccc6)cc5cc3cc2-4)cc(C(C)(C)C)c1. The number of hydrogen-bond donors (Lipinski definition) is 0. The van der Waals surface area contributed by atoms with Crippen molar-refractivity contribution < 1.29 is 0 Å². The second-order valence-corrected chi connectivity index (χ2v) is 25.8. The molecule has 0 amide bonds. The first-order chi connectivity index (χ1) is 35.2. The molecule has 0 atom stereocenters. The monoisotopic (exact) mass is 955 g/mol. The molecule has 2 aliphatic rings. The van der Waals surface area contributed by atoms with Crippen LogP contribution < -0.4 is 0 Å². The molecule has 0 fully saturated rings. The van der Waals surface area contributed by atoms with E-state index in [2.05, 4.69) is 265 Å². The van der Waals surface area contributed by atoms with Crippen molar-refractivity contribution in [1.82, 2.24) is 0 Å². The zero-order valence-electron chi connectivity index (χ0n) is 45.3. The summed E-state index contributed by atoms with van der Waals surface area (Å²) in [6, 6.07) is 70.6. The molecule has 13 rings (SSSR count). The van der Waals surface area contributed by atoms with Crippen molar-refractivity contribution in [1.29, 1.82) is 0 Å². The van der Waals surface area contributed by atoms with Gasteiger partial charge in [0.15, 0.2) is 0 Å². The fourth-order valence-electron chi connectivity index (χ4n) is 12.5. The number of fused-ring (bicyclic) bond motifs is 9. The summed E-state index contributed by atoms with van der Waals surface area (Å²) >= 11 is 0. The third kappa shape index (κ3) is 7.23. The van der Waals surface area contributed by atoms with Crippen molar-refractivity contribution in [2.24, 2.45) is 0 Å². The van der Waals surface area contributed by atoms with E-state index in [1.165, 1.54) is 154 Å². The van der Waals surface area contributed by atoms with Gasteiger partial charge in [0, 0.05) is 0 Å². The van der Waals surface area contributed by atoms with E-state index in [0.717, 1.165) is 0 Å². The highest BCUT2D eigenvalue weighted by molar-refractivity contribution is 6.32. The Morgan fingerprint density at radius 1 is 0.216 bits per heavy atom. The van der Waals surface area contributed by atoms with Gasteiger partial charge in [-0.3, -0.25) is 0 Å². The van der Waals surface area contributed by atoms with Crippen LogP contribution in [0.25, 0.3) is 132 Å². The smallest absolute Gasteiger partial charge is 0.000740 e. The van der Waals surface area contributed by atoms with Crippen LogP contribution in [-0.2, 0) is 21.7 Å². The Balaban J connectivity index is 1.10. The fraction of sp³-hybridized carbons (Fsp3) is 0.216. The van der Waals surface area contributed by atoms with E-state index >= 15 is 0 Å². The molecular weight excluding hydrogens is 889 g/mol. The normalized spacial score (nSPS) is 13.1. The Labute approximate surface area is 438 Å². The fourth-order valence-corrected chi connectivity index (χ4v) is 12.5. The summed E-state index contributed by atoms with van der Waals surface area (Å²) in [5.74, 6) is 0.